The van der Waals surface area contributed by atoms with Crippen molar-refractivity contribution >= 4 is 11.8 Å². The highest BCUT2D eigenvalue weighted by Crippen LogP contribution is 2.05. The van der Waals surface area contributed by atoms with Gasteiger partial charge in [0.25, 0.3) is 5.91 Å². The molecule has 0 spiro atoms. The molecule has 1 aromatic rings. The van der Waals surface area contributed by atoms with Gasteiger partial charge in [-0.05, 0) is 18.5 Å². The summed E-state index contributed by atoms with van der Waals surface area (Å²) in [5, 5.41) is 4.81. The van der Waals surface area contributed by atoms with E-state index in [4.69, 9.17) is 0 Å². The molecule has 0 unspecified atom stereocenters. The maximum absolute atomic E-state index is 12.5. The number of hydrogen-bond donors (Lipinski definition) is 2. The lowest BCUT2D eigenvalue weighted by Gasteiger charge is -2.34. The Morgan fingerprint density at radius 2 is 1.71 bits per heavy atom. The molecule has 1 heterocycles. The summed E-state index contributed by atoms with van der Waals surface area (Å²) < 4.78 is 0. The molecule has 0 aromatic heterocycles. The number of rotatable bonds is 6. The van der Waals surface area contributed by atoms with Gasteiger partial charge in [-0.1, -0.05) is 44.2 Å². The Labute approximate surface area is 144 Å². The van der Waals surface area contributed by atoms with Crippen molar-refractivity contribution < 1.29 is 9.59 Å². The number of hydrazine groups is 1. The summed E-state index contributed by atoms with van der Waals surface area (Å²) in [6.45, 7) is 7.32. The van der Waals surface area contributed by atoms with Crippen molar-refractivity contribution in [2.45, 2.75) is 26.3 Å². The molecule has 1 aliphatic heterocycles. The van der Waals surface area contributed by atoms with Gasteiger partial charge in [0.05, 0.1) is 6.42 Å². The second kappa shape index (κ2) is 8.80. The highest BCUT2D eigenvalue weighted by Gasteiger charge is 2.26. The number of hydrogen-bond acceptors (Lipinski definition) is 4. The van der Waals surface area contributed by atoms with Crippen LogP contribution in [-0.4, -0.2) is 61.0 Å². The number of benzene rings is 1. The Kier molecular flexibility index (Phi) is 6.75. The number of carbonyl (C=O) groups excluding carboxylic acids is 2. The van der Waals surface area contributed by atoms with Crippen LogP contribution in [0.25, 0.3) is 0 Å². The van der Waals surface area contributed by atoms with E-state index < -0.39 is 6.04 Å². The van der Waals surface area contributed by atoms with Crippen LogP contribution in [-0.2, 0) is 16.0 Å². The van der Waals surface area contributed by atoms with E-state index in [1.54, 1.807) is 0 Å². The van der Waals surface area contributed by atoms with E-state index in [0.717, 1.165) is 31.7 Å². The zero-order chi connectivity index (χ0) is 17.5. The molecule has 2 rings (SSSR count). The molecule has 1 aliphatic rings. The molecule has 6 nitrogen and oxygen atoms in total. The quantitative estimate of drug-likeness (QED) is 0.803. The van der Waals surface area contributed by atoms with Crippen LogP contribution in [0.1, 0.15) is 19.4 Å². The predicted octanol–water partition coefficient (Wildman–Crippen LogP) is 0.649. The number of carbonyl (C=O) groups is 2. The van der Waals surface area contributed by atoms with Crippen LogP contribution in [0.5, 0.6) is 0 Å². The second-order valence-corrected chi connectivity index (χ2v) is 6.72. The van der Waals surface area contributed by atoms with Crippen LogP contribution in [0.15, 0.2) is 30.3 Å². The minimum atomic E-state index is -0.527. The number of piperazine rings is 1. The summed E-state index contributed by atoms with van der Waals surface area (Å²) in [7, 11) is 2.07. The van der Waals surface area contributed by atoms with Gasteiger partial charge in [-0.25, -0.2) is 5.01 Å². The van der Waals surface area contributed by atoms with Crippen molar-refractivity contribution in [2.24, 2.45) is 5.92 Å². The van der Waals surface area contributed by atoms with Crippen LogP contribution in [0.4, 0.5) is 0 Å². The van der Waals surface area contributed by atoms with Gasteiger partial charge >= 0.3 is 0 Å². The summed E-state index contributed by atoms with van der Waals surface area (Å²) in [5.74, 6) is -0.249. The Hall–Kier alpha value is -1.92. The lowest BCUT2D eigenvalue weighted by Crippen LogP contribution is -2.58. The van der Waals surface area contributed by atoms with Gasteiger partial charge in [0, 0.05) is 26.2 Å². The molecule has 2 amide bonds. The molecule has 1 saturated heterocycles. The van der Waals surface area contributed by atoms with E-state index in [9.17, 15) is 9.59 Å². The fourth-order valence-corrected chi connectivity index (χ4v) is 2.68. The molecule has 132 valence electrons. The molecule has 0 saturated carbocycles. The van der Waals surface area contributed by atoms with Gasteiger partial charge in [0.2, 0.25) is 5.91 Å². The van der Waals surface area contributed by atoms with E-state index in [1.165, 1.54) is 0 Å². The Balaban J connectivity index is 1.88. The Morgan fingerprint density at radius 3 is 2.29 bits per heavy atom. The van der Waals surface area contributed by atoms with Crippen molar-refractivity contribution in [2.75, 3.05) is 33.2 Å². The molecule has 0 radical (unpaired) electrons. The van der Waals surface area contributed by atoms with Gasteiger partial charge in [-0.15, -0.1) is 0 Å². The zero-order valence-electron chi connectivity index (χ0n) is 14.8. The summed E-state index contributed by atoms with van der Waals surface area (Å²) in [5.41, 5.74) is 3.88. The molecule has 2 N–H and O–H groups in total. The fraction of sp³-hybridized carbons (Fsp3) is 0.556. The lowest BCUT2D eigenvalue weighted by molar-refractivity contribution is -0.133. The molecule has 0 bridgehead atoms. The largest absolute Gasteiger partial charge is 0.344 e. The zero-order valence-corrected chi connectivity index (χ0v) is 14.8. The standard InChI is InChI=1S/C18H28N4O2/c1-14(2)17(18(24)20-22-11-9-21(3)10-12-22)19-16(23)13-15-7-5-4-6-8-15/h4-8,14,17H,9-13H2,1-3H3,(H,19,23)(H,20,24)/t17-/m0/s1. The number of amides is 2. The third kappa shape index (κ3) is 5.62. The van der Waals surface area contributed by atoms with E-state index in [0.29, 0.717) is 0 Å². The molecule has 1 aromatic carbocycles. The van der Waals surface area contributed by atoms with Gasteiger partial charge < -0.3 is 10.2 Å². The second-order valence-electron chi connectivity index (χ2n) is 6.72. The Morgan fingerprint density at radius 1 is 1.08 bits per heavy atom. The maximum atomic E-state index is 12.5. The fourth-order valence-electron chi connectivity index (χ4n) is 2.68. The summed E-state index contributed by atoms with van der Waals surface area (Å²) in [6, 6.07) is 9.02. The number of likely N-dealkylation sites (N-methyl/N-ethyl adjacent to an activating group) is 1. The summed E-state index contributed by atoms with van der Waals surface area (Å²) in [4.78, 5) is 27.0. The first-order chi connectivity index (χ1) is 11.5. The third-order valence-electron chi connectivity index (χ3n) is 4.24. The van der Waals surface area contributed by atoms with Crippen molar-refractivity contribution in [1.29, 1.82) is 0 Å². The minimum absolute atomic E-state index is 0.0252. The molecular weight excluding hydrogens is 304 g/mol. The van der Waals surface area contributed by atoms with E-state index >= 15 is 0 Å². The maximum Gasteiger partial charge on any atom is 0.257 e. The van der Waals surface area contributed by atoms with Crippen molar-refractivity contribution in [3.63, 3.8) is 0 Å². The van der Waals surface area contributed by atoms with E-state index in [-0.39, 0.29) is 24.2 Å². The molecular formula is C18H28N4O2. The highest BCUT2D eigenvalue weighted by atomic mass is 16.2. The number of nitrogens with one attached hydrogen (secondary N) is 2. The van der Waals surface area contributed by atoms with Gasteiger partial charge in [0.15, 0.2) is 0 Å². The number of nitrogens with zero attached hydrogens (tertiary/aromatic N) is 2. The van der Waals surface area contributed by atoms with Crippen LogP contribution in [0.3, 0.4) is 0 Å². The predicted molar refractivity (Wildman–Crippen MR) is 94.1 cm³/mol. The van der Waals surface area contributed by atoms with Gasteiger partial charge in [-0.3, -0.25) is 15.0 Å². The van der Waals surface area contributed by atoms with Crippen LogP contribution in [0, 0.1) is 5.92 Å². The highest BCUT2D eigenvalue weighted by molar-refractivity contribution is 5.88. The van der Waals surface area contributed by atoms with Crippen LogP contribution < -0.4 is 10.7 Å². The average Bonchev–Trinajstić information content (AvgIpc) is 2.55. The first-order valence-electron chi connectivity index (χ1n) is 8.53. The SMILES string of the molecule is CC(C)[C@H](NC(=O)Cc1ccccc1)C(=O)NN1CCN(C)CC1. The topological polar surface area (TPSA) is 64.7 Å². The van der Waals surface area contributed by atoms with Crippen LogP contribution >= 0.6 is 0 Å². The van der Waals surface area contributed by atoms with Crippen molar-refractivity contribution in [3.8, 4) is 0 Å². The first kappa shape index (κ1) is 18.4. The molecule has 24 heavy (non-hydrogen) atoms. The molecule has 1 atom stereocenters. The van der Waals surface area contributed by atoms with Crippen molar-refractivity contribution in [3.05, 3.63) is 35.9 Å². The Bertz CT molecular complexity index is 539. The smallest absolute Gasteiger partial charge is 0.257 e. The lowest BCUT2D eigenvalue weighted by atomic mass is 10.0. The molecule has 1 fully saturated rings. The summed E-state index contributed by atoms with van der Waals surface area (Å²) >= 11 is 0. The van der Waals surface area contributed by atoms with Gasteiger partial charge in [0.1, 0.15) is 6.04 Å². The van der Waals surface area contributed by atoms with E-state index in [1.807, 2.05) is 49.2 Å². The van der Waals surface area contributed by atoms with Crippen LogP contribution in [0.2, 0.25) is 0 Å². The normalized spacial score (nSPS) is 17.5. The van der Waals surface area contributed by atoms with E-state index in [2.05, 4.69) is 22.7 Å². The van der Waals surface area contributed by atoms with Crippen molar-refractivity contribution in [1.82, 2.24) is 20.7 Å². The molecule has 6 heteroatoms. The summed E-state index contributed by atoms with van der Waals surface area (Å²) in [6.07, 6.45) is 0.284. The first-order valence-corrected chi connectivity index (χ1v) is 8.53. The minimum Gasteiger partial charge on any atom is -0.344 e. The third-order valence-corrected chi connectivity index (χ3v) is 4.24. The molecule has 0 aliphatic carbocycles. The van der Waals surface area contributed by atoms with Gasteiger partial charge in [-0.2, -0.15) is 0 Å². The monoisotopic (exact) mass is 332 g/mol. The average molecular weight is 332 g/mol.